The maximum Gasteiger partial charge on any atom is 0.163 e. The van der Waals surface area contributed by atoms with Gasteiger partial charge < -0.3 is 9.84 Å². The molecule has 0 spiro atoms. The lowest BCUT2D eigenvalue weighted by Crippen LogP contribution is -2.05. The van der Waals surface area contributed by atoms with Gasteiger partial charge in [0.2, 0.25) is 0 Å². The molecule has 23 heavy (non-hydrogen) atoms. The number of aromatic hydroxyl groups is 1. The lowest BCUT2D eigenvalue weighted by Gasteiger charge is -2.03. The summed E-state index contributed by atoms with van der Waals surface area (Å²) in [6.45, 7) is 2.15. The van der Waals surface area contributed by atoms with E-state index in [0.717, 1.165) is 24.8 Å². The van der Waals surface area contributed by atoms with Gasteiger partial charge in [0.05, 0.1) is 13.5 Å². The number of carbonyl (C=O) groups excluding carboxylic acids is 2. The number of Topliss-reactive ketones (excluding diaryl/α,β-unsaturated/α-hetero) is 1. The predicted octanol–water partition coefficient (Wildman–Crippen LogP) is 4.30. The molecular formula is C19H26O4. The summed E-state index contributed by atoms with van der Waals surface area (Å²) < 4.78 is 5.01. The fourth-order valence-electron chi connectivity index (χ4n) is 2.25. The lowest BCUT2D eigenvalue weighted by atomic mass is 10.1. The minimum absolute atomic E-state index is 0.000523. The molecule has 0 aliphatic rings. The molecule has 1 N–H and O–H groups in total. The lowest BCUT2D eigenvalue weighted by molar-refractivity contribution is -0.124. The van der Waals surface area contributed by atoms with E-state index in [2.05, 4.69) is 6.92 Å². The van der Waals surface area contributed by atoms with Crippen LogP contribution >= 0.6 is 0 Å². The van der Waals surface area contributed by atoms with Gasteiger partial charge in [0.25, 0.3) is 0 Å². The van der Waals surface area contributed by atoms with Gasteiger partial charge in [-0.05, 0) is 30.2 Å². The van der Waals surface area contributed by atoms with E-state index in [4.69, 9.17) is 4.74 Å². The smallest absolute Gasteiger partial charge is 0.163 e. The molecule has 126 valence electrons. The quantitative estimate of drug-likeness (QED) is 0.375. The zero-order valence-electron chi connectivity index (χ0n) is 14.0. The van der Waals surface area contributed by atoms with E-state index < -0.39 is 0 Å². The summed E-state index contributed by atoms with van der Waals surface area (Å²) in [7, 11) is 1.47. The highest BCUT2D eigenvalue weighted by Crippen LogP contribution is 2.26. The normalized spacial score (nSPS) is 10.9. The van der Waals surface area contributed by atoms with Crippen molar-refractivity contribution in [2.24, 2.45) is 0 Å². The molecule has 1 aromatic rings. The third-order valence-corrected chi connectivity index (χ3v) is 3.60. The maximum absolute atomic E-state index is 11.8. The monoisotopic (exact) mass is 318 g/mol. The first kappa shape index (κ1) is 18.9. The van der Waals surface area contributed by atoms with Crippen molar-refractivity contribution in [2.75, 3.05) is 7.11 Å². The summed E-state index contributed by atoms with van der Waals surface area (Å²) in [6.07, 6.45) is 8.92. The molecule has 4 nitrogen and oxygen atoms in total. The molecule has 0 aliphatic carbocycles. The van der Waals surface area contributed by atoms with Gasteiger partial charge in [-0.2, -0.15) is 0 Å². The zero-order valence-corrected chi connectivity index (χ0v) is 14.0. The van der Waals surface area contributed by atoms with Gasteiger partial charge in [0, 0.05) is 6.42 Å². The van der Waals surface area contributed by atoms with Crippen LogP contribution in [0, 0.1) is 0 Å². The molecule has 0 saturated heterocycles. The Morgan fingerprint density at radius 2 is 1.91 bits per heavy atom. The second-order valence-electron chi connectivity index (χ2n) is 5.61. The first-order chi connectivity index (χ1) is 11.1. The summed E-state index contributed by atoms with van der Waals surface area (Å²) >= 11 is 0. The van der Waals surface area contributed by atoms with Crippen LogP contribution in [0.15, 0.2) is 24.3 Å². The Hall–Kier alpha value is -2.10. The van der Waals surface area contributed by atoms with Crippen molar-refractivity contribution in [1.82, 2.24) is 0 Å². The Kier molecular flexibility index (Phi) is 8.73. The van der Waals surface area contributed by atoms with Gasteiger partial charge >= 0.3 is 0 Å². The van der Waals surface area contributed by atoms with Crippen molar-refractivity contribution in [3.8, 4) is 11.5 Å². The van der Waals surface area contributed by atoms with Crippen LogP contribution in [0.25, 0.3) is 6.08 Å². The van der Waals surface area contributed by atoms with E-state index in [-0.39, 0.29) is 23.7 Å². The van der Waals surface area contributed by atoms with Crippen LogP contribution in [0.5, 0.6) is 11.5 Å². The Morgan fingerprint density at radius 3 is 2.61 bits per heavy atom. The first-order valence-corrected chi connectivity index (χ1v) is 8.16. The van der Waals surface area contributed by atoms with E-state index >= 15 is 0 Å². The first-order valence-electron chi connectivity index (χ1n) is 8.16. The minimum Gasteiger partial charge on any atom is -0.504 e. The average Bonchev–Trinajstić information content (AvgIpc) is 2.54. The van der Waals surface area contributed by atoms with Crippen LogP contribution < -0.4 is 4.74 Å². The number of phenols is 1. The van der Waals surface area contributed by atoms with Crippen molar-refractivity contribution in [3.05, 3.63) is 29.8 Å². The number of ether oxygens (including phenoxy) is 1. The van der Waals surface area contributed by atoms with Gasteiger partial charge in [-0.15, -0.1) is 0 Å². The largest absolute Gasteiger partial charge is 0.504 e. The fraction of sp³-hybridized carbons (Fsp3) is 0.474. The molecule has 0 heterocycles. The standard InChI is InChI=1S/C19H26O4/c1-3-4-5-6-7-8-16(20)14-17(21)11-9-15-10-12-18(22)19(13-15)23-2/h9-13,22H,3-8,14H2,1-2H3/b11-9-. The summed E-state index contributed by atoms with van der Waals surface area (Å²) in [5, 5.41) is 9.51. The highest BCUT2D eigenvalue weighted by atomic mass is 16.5. The van der Waals surface area contributed by atoms with E-state index in [0.29, 0.717) is 12.2 Å². The number of hydrogen-bond donors (Lipinski definition) is 1. The SMILES string of the molecule is CCCCCCCC(=O)CC(=O)/C=C\c1ccc(O)c(OC)c1. The summed E-state index contributed by atoms with van der Waals surface area (Å²) in [5.41, 5.74) is 0.736. The average molecular weight is 318 g/mol. The van der Waals surface area contributed by atoms with E-state index in [9.17, 15) is 14.7 Å². The van der Waals surface area contributed by atoms with Gasteiger partial charge in [-0.25, -0.2) is 0 Å². The Labute approximate surface area is 138 Å². The van der Waals surface area contributed by atoms with Crippen molar-refractivity contribution in [2.45, 2.75) is 51.9 Å². The second kappa shape index (κ2) is 10.6. The van der Waals surface area contributed by atoms with Gasteiger partial charge in [0.15, 0.2) is 17.3 Å². The summed E-state index contributed by atoms with van der Waals surface area (Å²) in [6, 6.07) is 4.82. The Bertz CT molecular complexity index is 546. The summed E-state index contributed by atoms with van der Waals surface area (Å²) in [4.78, 5) is 23.5. The molecular weight excluding hydrogens is 292 g/mol. The summed E-state index contributed by atoms with van der Waals surface area (Å²) in [5.74, 6) is 0.201. The molecule has 1 rings (SSSR count). The van der Waals surface area contributed by atoms with Crippen molar-refractivity contribution in [1.29, 1.82) is 0 Å². The molecule has 0 saturated carbocycles. The highest BCUT2D eigenvalue weighted by molar-refractivity contribution is 6.06. The molecule has 0 radical (unpaired) electrons. The molecule has 0 aliphatic heterocycles. The topological polar surface area (TPSA) is 63.6 Å². The zero-order chi connectivity index (χ0) is 17.1. The number of benzene rings is 1. The number of phenolic OH excluding ortho intramolecular Hbond substituents is 1. The molecule has 0 bridgehead atoms. The van der Waals surface area contributed by atoms with E-state index in [1.54, 1.807) is 18.2 Å². The van der Waals surface area contributed by atoms with E-state index in [1.165, 1.54) is 32.1 Å². The van der Waals surface area contributed by atoms with Crippen molar-refractivity contribution >= 4 is 17.6 Å². The number of unbranched alkanes of at least 4 members (excludes halogenated alkanes) is 4. The fourth-order valence-corrected chi connectivity index (χ4v) is 2.25. The third-order valence-electron chi connectivity index (χ3n) is 3.60. The van der Waals surface area contributed by atoms with Crippen LogP contribution in [0.4, 0.5) is 0 Å². The van der Waals surface area contributed by atoms with Gasteiger partial charge in [-0.1, -0.05) is 44.7 Å². The van der Waals surface area contributed by atoms with Crippen LogP contribution in [0.1, 0.15) is 57.4 Å². The second-order valence-corrected chi connectivity index (χ2v) is 5.61. The van der Waals surface area contributed by atoms with Crippen LogP contribution in [0.3, 0.4) is 0 Å². The predicted molar refractivity (Wildman–Crippen MR) is 91.7 cm³/mol. The number of allylic oxidation sites excluding steroid dienone is 1. The molecule has 1 aromatic carbocycles. The van der Waals surface area contributed by atoms with Gasteiger partial charge in [0.1, 0.15) is 5.78 Å². The van der Waals surface area contributed by atoms with Crippen LogP contribution in [-0.4, -0.2) is 23.8 Å². The number of ketones is 2. The Morgan fingerprint density at radius 1 is 1.17 bits per heavy atom. The number of hydrogen-bond acceptors (Lipinski definition) is 4. The van der Waals surface area contributed by atoms with Crippen LogP contribution in [0.2, 0.25) is 0 Å². The highest BCUT2D eigenvalue weighted by Gasteiger charge is 2.07. The Balaban J connectivity index is 2.39. The van der Waals surface area contributed by atoms with E-state index in [1.807, 2.05) is 0 Å². The van der Waals surface area contributed by atoms with Crippen LogP contribution in [-0.2, 0) is 9.59 Å². The van der Waals surface area contributed by atoms with Crippen molar-refractivity contribution < 1.29 is 19.4 Å². The minimum atomic E-state index is -0.199. The maximum atomic E-state index is 11.8. The molecule has 0 amide bonds. The number of methoxy groups -OCH3 is 1. The number of rotatable bonds is 11. The molecule has 0 aromatic heterocycles. The molecule has 0 fully saturated rings. The molecule has 0 atom stereocenters. The number of carbonyl (C=O) groups is 2. The molecule has 0 unspecified atom stereocenters. The molecule has 4 heteroatoms. The third kappa shape index (κ3) is 7.63. The van der Waals surface area contributed by atoms with Gasteiger partial charge in [-0.3, -0.25) is 9.59 Å². The van der Waals surface area contributed by atoms with Crippen molar-refractivity contribution in [3.63, 3.8) is 0 Å².